The molecule has 1 heterocycles. The van der Waals surface area contributed by atoms with E-state index in [2.05, 4.69) is 0 Å². The summed E-state index contributed by atoms with van der Waals surface area (Å²) >= 11 is 0. The smallest absolute Gasteiger partial charge is 0.194 e. The van der Waals surface area contributed by atoms with E-state index in [9.17, 15) is 8.78 Å². The van der Waals surface area contributed by atoms with Gasteiger partial charge in [-0.15, -0.1) is 0 Å². The van der Waals surface area contributed by atoms with E-state index >= 15 is 0 Å². The first kappa shape index (κ1) is 9.86. The first-order valence-electron chi connectivity index (χ1n) is 4.14. The Morgan fingerprint density at radius 3 is 2.42 bits per heavy atom. The molecule has 0 aromatic rings. The maximum absolute atomic E-state index is 13.5. The normalized spacial score (nSPS) is 48.2. The van der Waals surface area contributed by atoms with Gasteiger partial charge in [0.1, 0.15) is 6.67 Å². The van der Waals surface area contributed by atoms with Gasteiger partial charge in [-0.1, -0.05) is 13.8 Å². The lowest BCUT2D eigenvalue weighted by Gasteiger charge is -2.22. The van der Waals surface area contributed by atoms with Crippen LogP contribution in [0.4, 0.5) is 8.78 Å². The molecular formula is C8H14F2O2. The van der Waals surface area contributed by atoms with Gasteiger partial charge in [-0.3, -0.25) is 0 Å². The number of halogens is 2. The minimum absolute atomic E-state index is 0.374. The molecule has 0 spiro atoms. The molecule has 0 aromatic heterocycles. The molecule has 0 radical (unpaired) electrons. The van der Waals surface area contributed by atoms with E-state index in [1.165, 1.54) is 0 Å². The first-order valence-corrected chi connectivity index (χ1v) is 4.14. The van der Waals surface area contributed by atoms with Crippen LogP contribution in [0.1, 0.15) is 20.3 Å². The lowest BCUT2D eigenvalue weighted by Crippen LogP contribution is -2.41. The number of rotatable bonds is 2. The number of aliphatic hydroxyl groups excluding tert-OH is 1. The summed E-state index contributed by atoms with van der Waals surface area (Å²) in [6.45, 7) is 2.19. The standard InChI is InChI=1S/C8H14F2O2/c1-3-6-5(2)8(10,4-9)7(11)12-6/h5-7,11H,3-4H2,1-2H3/t5-,6+,7+,8?/m0/s1. The second kappa shape index (κ2) is 3.26. The van der Waals surface area contributed by atoms with Crippen LogP contribution in [0.5, 0.6) is 0 Å². The van der Waals surface area contributed by atoms with Crippen LogP contribution in [0, 0.1) is 5.92 Å². The third-order valence-electron chi connectivity index (χ3n) is 2.64. The Kier molecular flexibility index (Phi) is 2.68. The van der Waals surface area contributed by atoms with Gasteiger partial charge in [0.2, 0.25) is 0 Å². The number of ether oxygens (including phenoxy) is 1. The molecule has 4 atom stereocenters. The van der Waals surface area contributed by atoms with E-state index in [0.29, 0.717) is 6.42 Å². The third-order valence-corrected chi connectivity index (χ3v) is 2.64. The average Bonchev–Trinajstić information content (AvgIpc) is 2.30. The summed E-state index contributed by atoms with van der Waals surface area (Å²) in [5.41, 5.74) is -2.21. The lowest BCUT2D eigenvalue weighted by atomic mass is 9.89. The monoisotopic (exact) mass is 180 g/mol. The molecule has 1 N–H and O–H groups in total. The maximum Gasteiger partial charge on any atom is 0.194 e. The van der Waals surface area contributed by atoms with Gasteiger partial charge in [-0.05, 0) is 6.42 Å². The highest BCUT2D eigenvalue weighted by Gasteiger charge is 2.54. The largest absolute Gasteiger partial charge is 0.365 e. The highest BCUT2D eigenvalue weighted by molar-refractivity contribution is 4.96. The van der Waals surface area contributed by atoms with Gasteiger partial charge in [0.25, 0.3) is 0 Å². The van der Waals surface area contributed by atoms with Crippen LogP contribution >= 0.6 is 0 Å². The Morgan fingerprint density at radius 1 is 1.58 bits per heavy atom. The predicted octanol–water partition coefficient (Wildman–Crippen LogP) is 1.43. The highest BCUT2D eigenvalue weighted by Crippen LogP contribution is 2.39. The topological polar surface area (TPSA) is 29.5 Å². The van der Waals surface area contributed by atoms with Crippen LogP contribution in [0.25, 0.3) is 0 Å². The second-order valence-electron chi connectivity index (χ2n) is 3.28. The van der Waals surface area contributed by atoms with E-state index < -0.39 is 24.6 Å². The number of aliphatic hydroxyl groups is 1. The molecule has 1 saturated heterocycles. The highest BCUT2D eigenvalue weighted by atomic mass is 19.2. The molecule has 1 rings (SSSR count). The molecule has 0 bridgehead atoms. The third kappa shape index (κ3) is 1.23. The van der Waals surface area contributed by atoms with Crippen LogP contribution in [0.3, 0.4) is 0 Å². The van der Waals surface area contributed by atoms with Crippen molar-refractivity contribution in [2.24, 2.45) is 5.92 Å². The molecule has 2 nitrogen and oxygen atoms in total. The molecule has 4 heteroatoms. The first-order chi connectivity index (χ1) is 5.56. The zero-order valence-corrected chi connectivity index (χ0v) is 7.26. The molecule has 0 saturated carbocycles. The molecule has 1 unspecified atom stereocenters. The molecule has 0 amide bonds. The van der Waals surface area contributed by atoms with Gasteiger partial charge in [0.15, 0.2) is 12.0 Å². The second-order valence-corrected chi connectivity index (χ2v) is 3.28. The van der Waals surface area contributed by atoms with Crippen LogP contribution in [0.15, 0.2) is 0 Å². The van der Waals surface area contributed by atoms with E-state index in [1.807, 2.05) is 6.92 Å². The number of alkyl halides is 2. The Labute approximate surface area is 70.5 Å². The Balaban J connectivity index is 2.76. The van der Waals surface area contributed by atoms with E-state index in [4.69, 9.17) is 9.84 Å². The zero-order valence-electron chi connectivity index (χ0n) is 7.26. The van der Waals surface area contributed by atoms with Crippen LogP contribution in [0.2, 0.25) is 0 Å². The van der Waals surface area contributed by atoms with E-state index in [1.54, 1.807) is 6.92 Å². The molecule has 0 aliphatic carbocycles. The van der Waals surface area contributed by atoms with Crippen molar-refractivity contribution in [2.75, 3.05) is 6.67 Å². The lowest BCUT2D eigenvalue weighted by molar-refractivity contribution is -0.148. The fourth-order valence-corrected chi connectivity index (χ4v) is 1.57. The van der Waals surface area contributed by atoms with Gasteiger partial charge in [-0.25, -0.2) is 8.78 Å². The van der Waals surface area contributed by atoms with Gasteiger partial charge in [0.05, 0.1) is 6.10 Å². The Bertz CT molecular complexity index is 165. The molecular weight excluding hydrogens is 166 g/mol. The fourth-order valence-electron chi connectivity index (χ4n) is 1.57. The zero-order chi connectivity index (χ0) is 9.35. The summed E-state index contributed by atoms with van der Waals surface area (Å²) in [5.74, 6) is -0.581. The molecule has 72 valence electrons. The molecule has 1 aliphatic rings. The van der Waals surface area contributed by atoms with Gasteiger partial charge >= 0.3 is 0 Å². The summed E-state index contributed by atoms with van der Waals surface area (Å²) in [4.78, 5) is 0. The predicted molar refractivity (Wildman–Crippen MR) is 40.1 cm³/mol. The van der Waals surface area contributed by atoms with Crippen molar-refractivity contribution in [1.29, 1.82) is 0 Å². The van der Waals surface area contributed by atoms with Gasteiger partial charge < -0.3 is 9.84 Å². The van der Waals surface area contributed by atoms with Crippen molar-refractivity contribution in [2.45, 2.75) is 38.3 Å². The van der Waals surface area contributed by atoms with Crippen molar-refractivity contribution in [1.82, 2.24) is 0 Å². The van der Waals surface area contributed by atoms with Gasteiger partial charge in [0, 0.05) is 5.92 Å². The Morgan fingerprint density at radius 2 is 2.17 bits per heavy atom. The summed E-state index contributed by atoms with van der Waals surface area (Å²) in [5, 5.41) is 9.08. The SMILES string of the molecule is CC[C@H]1O[C@@H](O)C(F)(CF)[C@H]1C. The van der Waals surface area contributed by atoms with Crippen LogP contribution < -0.4 is 0 Å². The van der Waals surface area contributed by atoms with Gasteiger partial charge in [-0.2, -0.15) is 0 Å². The minimum atomic E-state index is -2.21. The van der Waals surface area contributed by atoms with Crippen molar-refractivity contribution in [3.8, 4) is 0 Å². The van der Waals surface area contributed by atoms with Crippen molar-refractivity contribution in [3.63, 3.8) is 0 Å². The van der Waals surface area contributed by atoms with Crippen LogP contribution in [-0.2, 0) is 4.74 Å². The van der Waals surface area contributed by atoms with Crippen molar-refractivity contribution >= 4 is 0 Å². The summed E-state index contributed by atoms with van der Waals surface area (Å²) in [6, 6.07) is 0. The summed E-state index contributed by atoms with van der Waals surface area (Å²) in [6.07, 6.45) is -1.40. The fraction of sp³-hybridized carbons (Fsp3) is 1.00. The Hall–Kier alpha value is -0.220. The van der Waals surface area contributed by atoms with Crippen LogP contribution in [-0.4, -0.2) is 29.8 Å². The summed E-state index contributed by atoms with van der Waals surface area (Å²) < 4.78 is 30.7. The molecule has 1 aliphatic heterocycles. The van der Waals surface area contributed by atoms with E-state index in [-0.39, 0.29) is 6.10 Å². The quantitative estimate of drug-likeness (QED) is 0.696. The van der Waals surface area contributed by atoms with Crippen molar-refractivity contribution in [3.05, 3.63) is 0 Å². The molecule has 0 aromatic carbocycles. The maximum atomic E-state index is 13.5. The minimum Gasteiger partial charge on any atom is -0.365 e. The van der Waals surface area contributed by atoms with E-state index in [0.717, 1.165) is 0 Å². The van der Waals surface area contributed by atoms with Crippen molar-refractivity contribution < 1.29 is 18.6 Å². The number of hydrogen-bond donors (Lipinski definition) is 1. The summed E-state index contributed by atoms with van der Waals surface area (Å²) in [7, 11) is 0. The average molecular weight is 180 g/mol. The molecule has 12 heavy (non-hydrogen) atoms. The molecule has 1 fully saturated rings. The number of hydrogen-bond acceptors (Lipinski definition) is 2.